The minimum Gasteiger partial charge on any atom is -0.358 e. The number of carbonyl (C=O) groups is 1. The number of alkyl halides is 3. The first-order chi connectivity index (χ1) is 17.7. The highest BCUT2D eigenvalue weighted by atomic mass is 19.4. The summed E-state index contributed by atoms with van der Waals surface area (Å²) in [5.41, 5.74) is 3.13. The van der Waals surface area contributed by atoms with E-state index in [1.165, 1.54) is 6.07 Å². The molecule has 6 nitrogen and oxygen atoms in total. The molecule has 0 spiro atoms. The van der Waals surface area contributed by atoms with Crippen LogP contribution in [0.1, 0.15) is 32.9 Å². The lowest BCUT2D eigenvalue weighted by Gasteiger charge is -2.12. The number of hydrogen-bond acceptors (Lipinski definition) is 4. The van der Waals surface area contributed by atoms with Crippen molar-refractivity contribution in [1.29, 1.82) is 0 Å². The number of hydrogen-bond donors (Lipinski definition) is 2. The van der Waals surface area contributed by atoms with Crippen LogP contribution in [0.25, 0.3) is 22.3 Å². The molecular formula is C27H19F4N5O. The molecule has 0 atom stereocenters. The van der Waals surface area contributed by atoms with Crippen molar-refractivity contribution in [2.45, 2.75) is 19.5 Å². The van der Waals surface area contributed by atoms with Gasteiger partial charge in [0.05, 0.1) is 28.0 Å². The van der Waals surface area contributed by atoms with Crippen LogP contribution in [0.5, 0.6) is 0 Å². The predicted octanol–water partition coefficient (Wildman–Crippen LogP) is 6.33. The largest absolute Gasteiger partial charge is 0.416 e. The van der Waals surface area contributed by atoms with Gasteiger partial charge < -0.3 is 10.3 Å². The molecule has 1 amide bonds. The number of pyridine rings is 1. The van der Waals surface area contributed by atoms with Crippen LogP contribution in [0.3, 0.4) is 0 Å². The standard InChI is InChI=1S/C27H19F4N5O/c1-15-4-5-16(26(37)35-22-13-19(27(29,30)31)6-7-20(22)28)11-18(15)12-23-34-21-8-10-33-25(21)24(36-23)17-3-2-9-32-14-17/h2-11,13-14,33H,12H2,1H3,(H,35,37). The third-order valence-corrected chi connectivity index (χ3v) is 5.89. The molecule has 0 fully saturated rings. The number of fused-ring (bicyclic) bond motifs is 1. The molecule has 0 saturated heterocycles. The molecule has 0 bridgehead atoms. The van der Waals surface area contributed by atoms with Crippen molar-refractivity contribution < 1.29 is 22.4 Å². The molecular weight excluding hydrogens is 486 g/mol. The van der Waals surface area contributed by atoms with E-state index in [4.69, 9.17) is 4.98 Å². The normalized spacial score (nSPS) is 11.6. The molecule has 37 heavy (non-hydrogen) atoms. The average Bonchev–Trinajstić information content (AvgIpc) is 3.35. The molecule has 2 N–H and O–H groups in total. The van der Waals surface area contributed by atoms with Gasteiger partial charge in [0, 0.05) is 36.1 Å². The summed E-state index contributed by atoms with van der Waals surface area (Å²) in [5, 5.41) is 2.24. The second-order valence-corrected chi connectivity index (χ2v) is 8.43. The van der Waals surface area contributed by atoms with Crippen LogP contribution in [-0.2, 0) is 12.6 Å². The number of nitrogens with one attached hydrogen (secondary N) is 2. The lowest BCUT2D eigenvalue weighted by molar-refractivity contribution is -0.137. The number of halogens is 4. The Balaban J connectivity index is 1.45. The first kappa shape index (κ1) is 24.1. The van der Waals surface area contributed by atoms with Gasteiger partial charge in [-0.2, -0.15) is 13.2 Å². The quantitative estimate of drug-likeness (QED) is 0.274. The number of amides is 1. The molecule has 186 valence electrons. The van der Waals surface area contributed by atoms with Gasteiger partial charge in [-0.3, -0.25) is 9.78 Å². The Morgan fingerprint density at radius 3 is 2.65 bits per heavy atom. The number of anilines is 1. The second-order valence-electron chi connectivity index (χ2n) is 8.43. The molecule has 0 saturated carbocycles. The molecule has 0 aliphatic carbocycles. The average molecular weight is 505 g/mol. The smallest absolute Gasteiger partial charge is 0.358 e. The van der Waals surface area contributed by atoms with Gasteiger partial charge in [0.2, 0.25) is 0 Å². The Kier molecular flexibility index (Phi) is 6.16. The fourth-order valence-electron chi connectivity index (χ4n) is 3.95. The summed E-state index contributed by atoms with van der Waals surface area (Å²) in [6.45, 7) is 1.86. The van der Waals surface area contributed by atoms with E-state index in [0.717, 1.165) is 27.7 Å². The Bertz CT molecular complexity index is 1610. The van der Waals surface area contributed by atoms with Gasteiger partial charge in [0.1, 0.15) is 11.6 Å². The van der Waals surface area contributed by atoms with E-state index in [1.807, 2.05) is 25.1 Å². The highest BCUT2D eigenvalue weighted by molar-refractivity contribution is 6.04. The van der Waals surface area contributed by atoms with E-state index in [1.54, 1.807) is 30.7 Å². The van der Waals surface area contributed by atoms with Crippen LogP contribution in [-0.4, -0.2) is 25.8 Å². The highest BCUT2D eigenvalue weighted by Crippen LogP contribution is 2.32. The summed E-state index contributed by atoms with van der Waals surface area (Å²) in [6, 6.07) is 12.2. The molecule has 5 rings (SSSR count). The Hall–Kier alpha value is -4.60. The zero-order chi connectivity index (χ0) is 26.2. The monoisotopic (exact) mass is 505 g/mol. The fraction of sp³-hybridized carbons (Fsp3) is 0.111. The molecule has 3 aromatic heterocycles. The maximum absolute atomic E-state index is 14.1. The second kappa shape index (κ2) is 9.45. The van der Waals surface area contributed by atoms with Gasteiger partial charge >= 0.3 is 6.18 Å². The van der Waals surface area contributed by atoms with Gasteiger partial charge in [-0.05, 0) is 66.6 Å². The van der Waals surface area contributed by atoms with Crippen molar-refractivity contribution in [3.05, 3.63) is 107 Å². The maximum atomic E-state index is 14.1. The number of benzene rings is 2. The van der Waals surface area contributed by atoms with Crippen LogP contribution in [0, 0.1) is 12.7 Å². The Labute approximate surface area is 208 Å². The van der Waals surface area contributed by atoms with Gasteiger partial charge in [-0.25, -0.2) is 14.4 Å². The third kappa shape index (κ3) is 5.04. The fourth-order valence-corrected chi connectivity index (χ4v) is 3.95. The van der Waals surface area contributed by atoms with Crippen LogP contribution in [0.2, 0.25) is 0 Å². The number of rotatable bonds is 5. The topological polar surface area (TPSA) is 83.6 Å². The number of aromatic amines is 1. The molecule has 3 heterocycles. The van der Waals surface area contributed by atoms with Crippen LogP contribution >= 0.6 is 0 Å². The first-order valence-corrected chi connectivity index (χ1v) is 11.2. The van der Waals surface area contributed by atoms with Crippen LogP contribution in [0.15, 0.2) is 73.2 Å². The van der Waals surface area contributed by atoms with E-state index in [-0.39, 0.29) is 5.56 Å². The van der Waals surface area contributed by atoms with Crippen molar-refractivity contribution in [2.24, 2.45) is 0 Å². The SMILES string of the molecule is Cc1ccc(C(=O)Nc2cc(C(F)(F)F)ccc2F)cc1Cc1nc(-c2cccnc2)c2[nH]ccc2n1. The molecule has 0 unspecified atom stereocenters. The summed E-state index contributed by atoms with van der Waals surface area (Å²) >= 11 is 0. The molecule has 0 aliphatic rings. The first-order valence-electron chi connectivity index (χ1n) is 11.2. The van der Waals surface area contributed by atoms with Crippen molar-refractivity contribution in [2.75, 3.05) is 5.32 Å². The molecule has 2 aromatic carbocycles. The van der Waals surface area contributed by atoms with E-state index in [2.05, 4.69) is 20.3 Å². The number of carbonyl (C=O) groups excluding carboxylic acids is 1. The zero-order valence-corrected chi connectivity index (χ0v) is 19.4. The van der Waals surface area contributed by atoms with Crippen LogP contribution < -0.4 is 5.32 Å². The van der Waals surface area contributed by atoms with Crippen molar-refractivity contribution in [3.8, 4) is 11.3 Å². The summed E-state index contributed by atoms with van der Waals surface area (Å²) < 4.78 is 53.2. The van der Waals surface area contributed by atoms with E-state index in [9.17, 15) is 22.4 Å². The minimum atomic E-state index is -4.67. The molecule has 10 heteroatoms. The van der Waals surface area contributed by atoms with Gasteiger partial charge in [-0.15, -0.1) is 0 Å². The molecule has 0 radical (unpaired) electrons. The minimum absolute atomic E-state index is 0.160. The van der Waals surface area contributed by atoms with E-state index >= 15 is 0 Å². The van der Waals surface area contributed by atoms with Gasteiger partial charge in [0.15, 0.2) is 0 Å². The highest BCUT2D eigenvalue weighted by Gasteiger charge is 2.31. The van der Waals surface area contributed by atoms with Crippen LogP contribution in [0.4, 0.5) is 23.2 Å². The number of nitrogens with zero attached hydrogens (tertiary/aromatic N) is 3. The lowest BCUT2D eigenvalue weighted by Crippen LogP contribution is -2.15. The van der Waals surface area contributed by atoms with Gasteiger partial charge in [-0.1, -0.05) is 6.07 Å². The summed E-state index contributed by atoms with van der Waals surface area (Å²) in [5.74, 6) is -1.20. The van der Waals surface area contributed by atoms with Crippen molar-refractivity contribution in [3.63, 3.8) is 0 Å². The number of H-pyrrole nitrogens is 1. The van der Waals surface area contributed by atoms with E-state index < -0.39 is 29.2 Å². The van der Waals surface area contributed by atoms with E-state index in [0.29, 0.717) is 36.1 Å². The molecule has 5 aromatic rings. The maximum Gasteiger partial charge on any atom is 0.416 e. The van der Waals surface area contributed by atoms with Crippen molar-refractivity contribution in [1.82, 2.24) is 19.9 Å². The predicted molar refractivity (Wildman–Crippen MR) is 130 cm³/mol. The summed E-state index contributed by atoms with van der Waals surface area (Å²) in [4.78, 5) is 29.5. The Morgan fingerprint density at radius 1 is 1.05 bits per heavy atom. The number of aryl methyl sites for hydroxylation is 1. The number of aromatic nitrogens is 4. The van der Waals surface area contributed by atoms with Crippen molar-refractivity contribution >= 4 is 22.6 Å². The molecule has 0 aliphatic heterocycles. The van der Waals surface area contributed by atoms with Gasteiger partial charge in [0.25, 0.3) is 5.91 Å². The summed E-state index contributed by atoms with van der Waals surface area (Å²) in [6.07, 6.45) is 0.767. The Morgan fingerprint density at radius 2 is 1.89 bits per heavy atom. The lowest BCUT2D eigenvalue weighted by atomic mass is 10.0. The zero-order valence-electron chi connectivity index (χ0n) is 19.4. The summed E-state index contributed by atoms with van der Waals surface area (Å²) in [7, 11) is 0. The third-order valence-electron chi connectivity index (χ3n) is 5.89.